The van der Waals surface area contributed by atoms with Gasteiger partial charge in [0.25, 0.3) is 5.91 Å². The Bertz CT molecular complexity index is 1120. The molecule has 0 atom stereocenters. The van der Waals surface area contributed by atoms with Crippen LogP contribution in [0.25, 0.3) is 0 Å². The summed E-state index contributed by atoms with van der Waals surface area (Å²) in [5.74, 6) is 0.0392. The molecule has 1 aliphatic rings. The first kappa shape index (κ1) is 21.5. The molecule has 32 heavy (non-hydrogen) atoms. The summed E-state index contributed by atoms with van der Waals surface area (Å²) in [6.45, 7) is 5.13. The zero-order chi connectivity index (χ0) is 22.7. The predicted octanol–water partition coefficient (Wildman–Crippen LogP) is 4.54. The lowest BCUT2D eigenvalue weighted by atomic mass is 9.95. The molecule has 0 saturated carbocycles. The number of hydrogen-bond acceptors (Lipinski definition) is 5. The van der Waals surface area contributed by atoms with Gasteiger partial charge in [-0.2, -0.15) is 0 Å². The largest absolute Gasteiger partial charge is 0.469 e. The number of aryl methyl sites for hydroxylation is 2. The van der Waals surface area contributed by atoms with E-state index in [4.69, 9.17) is 4.42 Å². The molecule has 8 heteroatoms. The molecule has 2 aromatic heterocycles. The normalized spacial score (nSPS) is 14.3. The maximum Gasteiger partial charge on any atom is 0.259 e. The molecular weight excluding hydrogens is 411 g/mol. The van der Waals surface area contributed by atoms with Crippen LogP contribution in [0.5, 0.6) is 0 Å². The van der Waals surface area contributed by atoms with E-state index in [1.807, 2.05) is 25.3 Å². The number of rotatable bonds is 5. The molecule has 1 aromatic carbocycles. The van der Waals surface area contributed by atoms with Crippen molar-refractivity contribution in [1.82, 2.24) is 4.98 Å². The Morgan fingerprint density at radius 3 is 2.53 bits per heavy atom. The van der Waals surface area contributed by atoms with Crippen molar-refractivity contribution >= 4 is 29.0 Å². The lowest BCUT2D eigenvalue weighted by Crippen LogP contribution is -2.38. The Morgan fingerprint density at radius 1 is 1.09 bits per heavy atom. The second-order valence-electron chi connectivity index (χ2n) is 7.98. The van der Waals surface area contributed by atoms with Crippen LogP contribution in [-0.4, -0.2) is 29.9 Å². The maximum atomic E-state index is 14.2. The summed E-state index contributed by atoms with van der Waals surface area (Å²) in [6.07, 6.45) is 4.64. The molecule has 0 unspecified atom stereocenters. The number of hydrogen-bond donors (Lipinski definition) is 2. The van der Waals surface area contributed by atoms with E-state index in [1.165, 1.54) is 30.5 Å². The number of amides is 2. The van der Waals surface area contributed by atoms with Crippen molar-refractivity contribution in [3.8, 4) is 0 Å². The predicted molar refractivity (Wildman–Crippen MR) is 120 cm³/mol. The fourth-order valence-electron chi connectivity index (χ4n) is 3.77. The number of carbonyl (C=O) groups excluding carboxylic acids is 2. The number of piperidine rings is 1. The van der Waals surface area contributed by atoms with Gasteiger partial charge in [0.05, 0.1) is 17.5 Å². The van der Waals surface area contributed by atoms with Crippen molar-refractivity contribution in [3.05, 3.63) is 71.6 Å². The molecule has 3 heterocycles. The van der Waals surface area contributed by atoms with Crippen molar-refractivity contribution in [2.75, 3.05) is 28.6 Å². The van der Waals surface area contributed by atoms with E-state index in [9.17, 15) is 14.0 Å². The average molecular weight is 436 g/mol. The number of pyridine rings is 1. The first-order valence-electron chi connectivity index (χ1n) is 10.5. The van der Waals surface area contributed by atoms with Crippen molar-refractivity contribution in [1.29, 1.82) is 0 Å². The lowest BCUT2D eigenvalue weighted by Gasteiger charge is -2.32. The number of anilines is 3. The Kier molecular flexibility index (Phi) is 6.20. The average Bonchev–Trinajstić information content (AvgIpc) is 3.22. The minimum absolute atomic E-state index is 0.00587. The van der Waals surface area contributed by atoms with E-state index >= 15 is 0 Å². The fraction of sp³-hybridized carbons (Fsp3) is 0.292. The molecule has 3 aromatic rings. The van der Waals surface area contributed by atoms with Crippen LogP contribution in [0.4, 0.5) is 21.6 Å². The minimum Gasteiger partial charge on any atom is -0.469 e. The number of benzene rings is 1. The Balaban J connectivity index is 1.36. The Labute approximate surface area is 185 Å². The summed E-state index contributed by atoms with van der Waals surface area (Å²) in [7, 11) is 0. The number of furan rings is 1. The van der Waals surface area contributed by atoms with Gasteiger partial charge in [-0.1, -0.05) is 6.07 Å². The van der Waals surface area contributed by atoms with Crippen LogP contribution in [0.2, 0.25) is 0 Å². The first-order chi connectivity index (χ1) is 15.4. The smallest absolute Gasteiger partial charge is 0.259 e. The second kappa shape index (κ2) is 9.21. The highest BCUT2D eigenvalue weighted by atomic mass is 19.1. The number of nitrogens with one attached hydrogen (secondary N) is 2. The summed E-state index contributed by atoms with van der Waals surface area (Å²) in [4.78, 5) is 31.8. The van der Waals surface area contributed by atoms with Gasteiger partial charge in [0.1, 0.15) is 17.4 Å². The van der Waals surface area contributed by atoms with E-state index in [0.717, 1.165) is 24.5 Å². The highest BCUT2D eigenvalue weighted by molar-refractivity contribution is 6.05. The topological polar surface area (TPSA) is 87.5 Å². The standard InChI is InChI=1S/C24H25FN4O3/c1-15-3-6-22(26-14-15)29-10-7-17(8-11-29)23(30)27-18-4-5-20(25)21(13-18)28-24(31)19-9-12-32-16(19)2/h3-6,9,12-14,17H,7-8,10-11H2,1-2H3,(H,27,30)(H,28,31). The van der Waals surface area contributed by atoms with Gasteiger partial charge in [0.2, 0.25) is 5.91 Å². The molecule has 166 valence electrons. The maximum absolute atomic E-state index is 14.2. The van der Waals surface area contributed by atoms with Crippen molar-refractivity contribution in [3.63, 3.8) is 0 Å². The van der Waals surface area contributed by atoms with Gasteiger partial charge in [-0.15, -0.1) is 0 Å². The molecule has 1 saturated heterocycles. The van der Waals surface area contributed by atoms with Gasteiger partial charge in [-0.05, 0) is 62.6 Å². The van der Waals surface area contributed by atoms with E-state index in [-0.39, 0.29) is 17.5 Å². The number of halogens is 1. The first-order valence-corrected chi connectivity index (χ1v) is 10.5. The van der Waals surface area contributed by atoms with E-state index in [2.05, 4.69) is 20.5 Å². The fourth-order valence-corrected chi connectivity index (χ4v) is 3.77. The van der Waals surface area contributed by atoms with Crippen LogP contribution in [-0.2, 0) is 4.79 Å². The van der Waals surface area contributed by atoms with Crippen molar-refractivity contribution < 1.29 is 18.4 Å². The number of nitrogens with zero attached hydrogens (tertiary/aromatic N) is 2. The van der Waals surface area contributed by atoms with Crippen LogP contribution in [0.1, 0.15) is 34.5 Å². The molecule has 4 rings (SSSR count). The Morgan fingerprint density at radius 2 is 1.88 bits per heavy atom. The number of carbonyl (C=O) groups is 2. The molecule has 0 spiro atoms. The molecule has 1 fully saturated rings. The van der Waals surface area contributed by atoms with Crippen LogP contribution in [0.3, 0.4) is 0 Å². The molecule has 2 N–H and O–H groups in total. The highest BCUT2D eigenvalue weighted by Gasteiger charge is 2.26. The van der Waals surface area contributed by atoms with Crippen LogP contribution < -0.4 is 15.5 Å². The van der Waals surface area contributed by atoms with Crippen molar-refractivity contribution in [2.45, 2.75) is 26.7 Å². The van der Waals surface area contributed by atoms with Crippen molar-refractivity contribution in [2.24, 2.45) is 5.92 Å². The van der Waals surface area contributed by atoms with E-state index in [0.29, 0.717) is 29.9 Å². The molecular formula is C24H25FN4O3. The monoisotopic (exact) mass is 436 g/mol. The summed E-state index contributed by atoms with van der Waals surface area (Å²) in [6, 6.07) is 9.67. The molecule has 2 amide bonds. The van der Waals surface area contributed by atoms with Gasteiger partial charge in [0.15, 0.2) is 0 Å². The van der Waals surface area contributed by atoms with Gasteiger partial charge < -0.3 is 20.0 Å². The minimum atomic E-state index is -0.587. The summed E-state index contributed by atoms with van der Waals surface area (Å²) >= 11 is 0. The molecule has 1 aliphatic heterocycles. The quantitative estimate of drug-likeness (QED) is 0.613. The summed E-state index contributed by atoms with van der Waals surface area (Å²) < 4.78 is 19.4. The van der Waals surface area contributed by atoms with E-state index in [1.54, 1.807) is 6.92 Å². The van der Waals surface area contributed by atoms with Crippen LogP contribution >= 0.6 is 0 Å². The third-order valence-electron chi connectivity index (χ3n) is 5.67. The van der Waals surface area contributed by atoms with Crippen LogP contribution in [0.15, 0.2) is 53.3 Å². The third kappa shape index (κ3) is 4.80. The van der Waals surface area contributed by atoms with Gasteiger partial charge in [-0.25, -0.2) is 9.37 Å². The lowest BCUT2D eigenvalue weighted by molar-refractivity contribution is -0.120. The second-order valence-corrected chi connectivity index (χ2v) is 7.98. The number of aromatic nitrogens is 1. The molecule has 7 nitrogen and oxygen atoms in total. The van der Waals surface area contributed by atoms with Crippen LogP contribution in [0, 0.1) is 25.6 Å². The zero-order valence-corrected chi connectivity index (χ0v) is 18.0. The molecule has 0 bridgehead atoms. The van der Waals surface area contributed by atoms with Gasteiger partial charge in [-0.3, -0.25) is 9.59 Å². The van der Waals surface area contributed by atoms with Gasteiger partial charge >= 0.3 is 0 Å². The molecule has 0 radical (unpaired) electrons. The van der Waals surface area contributed by atoms with Gasteiger partial charge in [0, 0.05) is 30.9 Å². The highest BCUT2D eigenvalue weighted by Crippen LogP contribution is 2.25. The SMILES string of the molecule is Cc1ccc(N2CCC(C(=O)Nc3ccc(F)c(NC(=O)c4ccoc4C)c3)CC2)nc1. The zero-order valence-electron chi connectivity index (χ0n) is 18.0. The summed E-state index contributed by atoms with van der Waals surface area (Å²) in [5, 5.41) is 5.39. The Hall–Kier alpha value is -3.68. The molecule has 0 aliphatic carbocycles. The van der Waals surface area contributed by atoms with E-state index < -0.39 is 11.7 Å². The summed E-state index contributed by atoms with van der Waals surface area (Å²) in [5.41, 5.74) is 1.86. The third-order valence-corrected chi connectivity index (χ3v) is 5.67.